The van der Waals surface area contributed by atoms with Gasteiger partial charge in [-0.1, -0.05) is 54.1 Å². The van der Waals surface area contributed by atoms with E-state index in [9.17, 15) is 9.59 Å². The molecule has 1 saturated carbocycles. The summed E-state index contributed by atoms with van der Waals surface area (Å²) in [6.45, 7) is 2.58. The number of piperazine rings is 1. The van der Waals surface area contributed by atoms with Crippen LogP contribution in [0.1, 0.15) is 29.2 Å². The predicted molar refractivity (Wildman–Crippen MR) is 118 cm³/mol. The SMILES string of the molecule is O=C(CS[C@@H](c1ccccc1)c1ccc(Cl)cc1)N1CCN(C(=O)C2CC2)CC1. The fourth-order valence-corrected chi connectivity index (χ4v) is 4.98. The summed E-state index contributed by atoms with van der Waals surface area (Å²) in [6.07, 6.45) is 2.06. The van der Waals surface area contributed by atoms with Crippen molar-refractivity contribution in [3.05, 3.63) is 70.7 Å². The maximum atomic E-state index is 12.8. The summed E-state index contributed by atoms with van der Waals surface area (Å²) in [4.78, 5) is 28.8. The van der Waals surface area contributed by atoms with Crippen molar-refractivity contribution in [3.8, 4) is 0 Å². The smallest absolute Gasteiger partial charge is 0.232 e. The molecule has 2 aliphatic rings. The lowest BCUT2D eigenvalue weighted by molar-refractivity contribution is -0.139. The maximum absolute atomic E-state index is 12.8. The average molecular weight is 429 g/mol. The van der Waals surface area contributed by atoms with Gasteiger partial charge in [0.15, 0.2) is 0 Å². The molecule has 2 amide bonds. The zero-order chi connectivity index (χ0) is 20.2. The summed E-state index contributed by atoms with van der Waals surface area (Å²) in [6, 6.07) is 18.1. The van der Waals surface area contributed by atoms with Crippen LogP contribution in [0, 0.1) is 5.92 Å². The normalized spacial score (nSPS) is 17.8. The number of amides is 2. The molecule has 0 radical (unpaired) electrons. The molecule has 1 saturated heterocycles. The van der Waals surface area contributed by atoms with E-state index in [1.165, 1.54) is 5.56 Å². The lowest BCUT2D eigenvalue weighted by atomic mass is 10.0. The Labute approximate surface area is 181 Å². The van der Waals surface area contributed by atoms with Crippen LogP contribution in [0.4, 0.5) is 0 Å². The van der Waals surface area contributed by atoms with Crippen molar-refractivity contribution in [2.24, 2.45) is 5.92 Å². The number of hydrogen-bond donors (Lipinski definition) is 0. The van der Waals surface area contributed by atoms with Crippen LogP contribution >= 0.6 is 23.4 Å². The van der Waals surface area contributed by atoms with Crippen molar-refractivity contribution >= 4 is 35.2 Å². The third-order valence-corrected chi connectivity index (χ3v) is 7.06. The molecule has 0 aromatic heterocycles. The molecule has 2 aromatic carbocycles. The number of rotatable bonds is 6. The molecule has 1 aliphatic carbocycles. The van der Waals surface area contributed by atoms with Crippen molar-refractivity contribution in [3.63, 3.8) is 0 Å². The fraction of sp³-hybridized carbons (Fsp3) is 0.391. The van der Waals surface area contributed by atoms with Gasteiger partial charge in [-0.25, -0.2) is 0 Å². The van der Waals surface area contributed by atoms with Gasteiger partial charge in [-0.05, 0) is 36.1 Å². The predicted octanol–water partition coefficient (Wildman–Crippen LogP) is 4.24. The number of carbonyl (C=O) groups excluding carboxylic acids is 2. The van der Waals surface area contributed by atoms with Crippen LogP contribution in [0.2, 0.25) is 5.02 Å². The van der Waals surface area contributed by atoms with E-state index in [0.29, 0.717) is 37.0 Å². The van der Waals surface area contributed by atoms with Crippen LogP contribution in [0.3, 0.4) is 0 Å². The molecule has 29 heavy (non-hydrogen) atoms. The molecule has 0 unspecified atom stereocenters. The first-order chi connectivity index (χ1) is 14.1. The number of halogens is 1. The molecular weight excluding hydrogens is 404 g/mol. The Balaban J connectivity index is 1.36. The summed E-state index contributed by atoms with van der Waals surface area (Å²) >= 11 is 7.70. The van der Waals surface area contributed by atoms with Crippen molar-refractivity contribution in [1.82, 2.24) is 9.80 Å². The van der Waals surface area contributed by atoms with Gasteiger partial charge in [-0.2, -0.15) is 0 Å². The molecular formula is C23H25ClN2O2S. The lowest BCUT2D eigenvalue weighted by Crippen LogP contribution is -2.51. The summed E-state index contributed by atoms with van der Waals surface area (Å²) in [5.74, 6) is 1.08. The number of thioether (sulfide) groups is 1. The average Bonchev–Trinajstić information content (AvgIpc) is 3.61. The van der Waals surface area contributed by atoms with Gasteiger partial charge in [0.2, 0.25) is 11.8 Å². The van der Waals surface area contributed by atoms with E-state index in [0.717, 1.165) is 18.4 Å². The fourth-order valence-electron chi connectivity index (χ4n) is 3.66. The van der Waals surface area contributed by atoms with Crippen LogP contribution in [-0.4, -0.2) is 53.5 Å². The van der Waals surface area contributed by atoms with E-state index in [-0.39, 0.29) is 23.0 Å². The molecule has 0 spiro atoms. The standard InChI is InChI=1S/C23H25ClN2O2S/c24-20-10-8-18(9-11-20)22(17-4-2-1-3-5-17)29-16-21(27)25-12-14-26(15-13-25)23(28)19-6-7-19/h1-5,8-11,19,22H,6-7,12-16H2/t22-/m0/s1. The molecule has 0 bridgehead atoms. The van der Waals surface area contributed by atoms with Crippen LogP contribution < -0.4 is 0 Å². The lowest BCUT2D eigenvalue weighted by Gasteiger charge is -2.35. The van der Waals surface area contributed by atoms with Gasteiger partial charge >= 0.3 is 0 Å². The molecule has 0 N–H and O–H groups in total. The monoisotopic (exact) mass is 428 g/mol. The summed E-state index contributed by atoms with van der Waals surface area (Å²) in [5, 5.41) is 0.787. The quantitative estimate of drug-likeness (QED) is 0.690. The van der Waals surface area contributed by atoms with Crippen molar-refractivity contribution < 1.29 is 9.59 Å². The van der Waals surface area contributed by atoms with E-state index < -0.39 is 0 Å². The highest BCUT2D eigenvalue weighted by molar-refractivity contribution is 8.00. The van der Waals surface area contributed by atoms with E-state index >= 15 is 0 Å². The maximum Gasteiger partial charge on any atom is 0.232 e. The zero-order valence-corrected chi connectivity index (χ0v) is 17.9. The summed E-state index contributed by atoms with van der Waals surface area (Å²) < 4.78 is 0. The second-order valence-electron chi connectivity index (χ2n) is 7.63. The highest BCUT2D eigenvalue weighted by atomic mass is 35.5. The Bertz CT molecular complexity index is 847. The Kier molecular flexibility index (Phi) is 6.46. The Morgan fingerprint density at radius 1 is 0.897 bits per heavy atom. The third-order valence-electron chi connectivity index (χ3n) is 5.52. The van der Waals surface area contributed by atoms with Gasteiger partial charge in [0.25, 0.3) is 0 Å². The summed E-state index contributed by atoms with van der Waals surface area (Å²) in [7, 11) is 0. The number of carbonyl (C=O) groups is 2. The van der Waals surface area contributed by atoms with E-state index in [2.05, 4.69) is 12.1 Å². The third kappa shape index (κ3) is 5.14. The van der Waals surface area contributed by atoms with Crippen molar-refractivity contribution in [2.45, 2.75) is 18.1 Å². The molecule has 1 atom stereocenters. The minimum atomic E-state index is 0.0788. The number of nitrogens with zero attached hydrogens (tertiary/aromatic N) is 2. The van der Waals surface area contributed by atoms with E-state index in [1.54, 1.807) is 11.8 Å². The Morgan fingerprint density at radius 2 is 1.48 bits per heavy atom. The molecule has 6 heteroatoms. The largest absolute Gasteiger partial charge is 0.339 e. The molecule has 2 fully saturated rings. The Morgan fingerprint density at radius 3 is 2.10 bits per heavy atom. The first-order valence-electron chi connectivity index (χ1n) is 10.1. The van der Waals surface area contributed by atoms with Crippen molar-refractivity contribution in [1.29, 1.82) is 0 Å². The molecule has 1 heterocycles. The van der Waals surface area contributed by atoms with Crippen molar-refractivity contribution in [2.75, 3.05) is 31.9 Å². The minimum absolute atomic E-state index is 0.0788. The summed E-state index contributed by atoms with van der Waals surface area (Å²) in [5.41, 5.74) is 2.31. The molecule has 2 aromatic rings. The number of benzene rings is 2. The molecule has 1 aliphatic heterocycles. The molecule has 4 nitrogen and oxygen atoms in total. The first kappa shape index (κ1) is 20.3. The molecule has 152 valence electrons. The van der Waals surface area contributed by atoms with Crippen LogP contribution in [-0.2, 0) is 9.59 Å². The van der Waals surface area contributed by atoms with Gasteiger partial charge in [0.1, 0.15) is 0 Å². The molecule has 4 rings (SSSR count). The topological polar surface area (TPSA) is 40.6 Å². The Hall–Kier alpha value is -1.98. The van der Waals surface area contributed by atoms with Gasteiger partial charge in [0, 0.05) is 37.1 Å². The van der Waals surface area contributed by atoms with Crippen LogP contribution in [0.5, 0.6) is 0 Å². The van der Waals surface area contributed by atoms with Gasteiger partial charge in [-0.15, -0.1) is 11.8 Å². The van der Waals surface area contributed by atoms with Gasteiger partial charge in [-0.3, -0.25) is 9.59 Å². The van der Waals surface area contributed by atoms with Crippen LogP contribution in [0.25, 0.3) is 0 Å². The van der Waals surface area contributed by atoms with Crippen LogP contribution in [0.15, 0.2) is 54.6 Å². The minimum Gasteiger partial charge on any atom is -0.339 e. The second-order valence-corrected chi connectivity index (χ2v) is 9.16. The zero-order valence-electron chi connectivity index (χ0n) is 16.3. The first-order valence-corrected chi connectivity index (χ1v) is 11.5. The van der Waals surface area contributed by atoms with Gasteiger partial charge in [0.05, 0.1) is 11.0 Å². The van der Waals surface area contributed by atoms with Gasteiger partial charge < -0.3 is 9.80 Å². The van der Waals surface area contributed by atoms with E-state index in [4.69, 9.17) is 11.6 Å². The highest BCUT2D eigenvalue weighted by Gasteiger charge is 2.35. The van der Waals surface area contributed by atoms with E-state index in [1.807, 2.05) is 52.3 Å². The number of hydrogen-bond acceptors (Lipinski definition) is 3. The second kappa shape index (κ2) is 9.23. The highest BCUT2D eigenvalue weighted by Crippen LogP contribution is 2.36.